The van der Waals surface area contributed by atoms with Gasteiger partial charge in [0.05, 0.1) is 10.8 Å². The molecule has 0 atom stereocenters. The fourth-order valence-electron chi connectivity index (χ4n) is 12.0. The lowest BCUT2D eigenvalue weighted by Crippen LogP contribution is -2.43. The first kappa shape index (κ1) is 38.5. The van der Waals surface area contributed by atoms with Gasteiger partial charge in [0.15, 0.2) is 17.5 Å². The van der Waals surface area contributed by atoms with Crippen LogP contribution in [-0.4, -0.2) is 15.0 Å². The van der Waals surface area contributed by atoms with Gasteiger partial charge < -0.3 is 0 Å². The number of rotatable bonds is 5. The monoisotopic (exact) mass is 863 g/mol. The highest BCUT2D eigenvalue weighted by Gasteiger charge is 2.58. The summed E-state index contributed by atoms with van der Waals surface area (Å²) in [5, 5.41) is 0. The predicted octanol–water partition coefficient (Wildman–Crippen LogP) is 15.2. The van der Waals surface area contributed by atoms with Gasteiger partial charge >= 0.3 is 0 Å². The van der Waals surface area contributed by atoms with Crippen molar-refractivity contribution in [2.75, 3.05) is 0 Å². The zero-order valence-electron chi connectivity index (χ0n) is 37.0. The van der Waals surface area contributed by atoms with Crippen molar-refractivity contribution in [1.82, 2.24) is 15.0 Å². The van der Waals surface area contributed by atoms with Gasteiger partial charge in [0.25, 0.3) is 0 Å². The lowest BCUT2D eigenvalue weighted by molar-refractivity contribution is 0.633. The van der Waals surface area contributed by atoms with Gasteiger partial charge in [0.1, 0.15) is 0 Å². The Balaban J connectivity index is 0.915. The number of hydrogen-bond acceptors (Lipinski definition) is 3. The van der Waals surface area contributed by atoms with Gasteiger partial charge in [-0.15, -0.1) is 0 Å². The summed E-state index contributed by atoms with van der Waals surface area (Å²) in [5.74, 6) is 1.92. The van der Waals surface area contributed by atoms with E-state index in [4.69, 9.17) is 15.0 Å². The van der Waals surface area contributed by atoms with E-state index < -0.39 is 10.8 Å². The van der Waals surface area contributed by atoms with Gasteiger partial charge in [-0.05, 0) is 95.1 Å². The van der Waals surface area contributed by atoms with E-state index in [0.29, 0.717) is 17.5 Å². The molecule has 68 heavy (non-hydrogen) atoms. The van der Waals surface area contributed by atoms with E-state index in [1.165, 1.54) is 72.3 Å². The van der Waals surface area contributed by atoms with E-state index in [2.05, 4.69) is 224 Å². The maximum atomic E-state index is 5.11. The molecule has 3 aliphatic carbocycles. The minimum Gasteiger partial charge on any atom is -0.208 e. The topological polar surface area (TPSA) is 38.7 Å². The van der Waals surface area contributed by atoms with Crippen LogP contribution in [0.2, 0.25) is 0 Å². The first-order valence-electron chi connectivity index (χ1n) is 23.4. The van der Waals surface area contributed by atoms with Crippen molar-refractivity contribution >= 4 is 0 Å². The Kier molecular flexibility index (Phi) is 8.41. The Morgan fingerprint density at radius 2 is 0.456 bits per heavy atom. The van der Waals surface area contributed by atoms with Crippen molar-refractivity contribution < 1.29 is 0 Å². The van der Waals surface area contributed by atoms with Crippen molar-refractivity contribution in [2.45, 2.75) is 10.8 Å². The molecule has 14 rings (SSSR count). The molecule has 0 saturated carbocycles. The van der Waals surface area contributed by atoms with E-state index in [9.17, 15) is 0 Å². The fourth-order valence-corrected chi connectivity index (χ4v) is 12.0. The van der Waals surface area contributed by atoms with E-state index in [1.807, 2.05) is 24.3 Å². The molecule has 3 nitrogen and oxygen atoms in total. The van der Waals surface area contributed by atoms with Crippen molar-refractivity contribution in [3.63, 3.8) is 0 Å². The van der Waals surface area contributed by atoms with Crippen molar-refractivity contribution in [2.24, 2.45) is 0 Å². The zero-order valence-corrected chi connectivity index (χ0v) is 37.0. The first-order valence-corrected chi connectivity index (χ1v) is 23.4. The zero-order chi connectivity index (χ0) is 44.8. The third-order valence-electron chi connectivity index (χ3n) is 14.9. The van der Waals surface area contributed by atoms with Gasteiger partial charge in [-0.25, -0.2) is 15.0 Å². The molecule has 0 saturated heterocycles. The maximum absolute atomic E-state index is 5.11. The van der Waals surface area contributed by atoms with E-state index in [-0.39, 0.29) is 0 Å². The summed E-state index contributed by atoms with van der Waals surface area (Å²) in [6.07, 6.45) is 0. The van der Waals surface area contributed by atoms with Crippen LogP contribution in [0.3, 0.4) is 0 Å². The van der Waals surface area contributed by atoms with Crippen LogP contribution in [0.25, 0.3) is 78.7 Å². The highest BCUT2D eigenvalue weighted by Crippen LogP contribution is 2.67. The van der Waals surface area contributed by atoms with Crippen LogP contribution in [0.15, 0.2) is 249 Å². The fraction of sp³-hybridized carbons (Fsp3) is 0.0308. The molecule has 316 valence electrons. The van der Waals surface area contributed by atoms with Crippen molar-refractivity contribution in [3.8, 4) is 78.7 Å². The molecule has 1 heterocycles. The quantitative estimate of drug-likeness (QED) is 0.173. The predicted molar refractivity (Wildman–Crippen MR) is 275 cm³/mol. The van der Waals surface area contributed by atoms with Gasteiger partial charge in [0, 0.05) is 16.7 Å². The van der Waals surface area contributed by atoms with E-state index in [1.54, 1.807) is 0 Å². The summed E-state index contributed by atoms with van der Waals surface area (Å²) in [5.41, 5.74) is 22.2. The minimum atomic E-state index is -0.554. The molecule has 0 amide bonds. The second-order valence-electron chi connectivity index (χ2n) is 18.2. The van der Waals surface area contributed by atoms with Crippen molar-refractivity contribution in [1.29, 1.82) is 0 Å². The Morgan fingerprint density at radius 1 is 0.191 bits per heavy atom. The summed E-state index contributed by atoms with van der Waals surface area (Å²) >= 11 is 0. The second kappa shape index (κ2) is 14.9. The average Bonchev–Trinajstić information content (AvgIpc) is 3.88. The highest BCUT2D eigenvalue weighted by atomic mass is 15.0. The van der Waals surface area contributed by atoms with Crippen LogP contribution < -0.4 is 0 Å². The van der Waals surface area contributed by atoms with Crippen LogP contribution in [0.4, 0.5) is 0 Å². The summed E-state index contributed by atoms with van der Waals surface area (Å²) in [7, 11) is 0. The summed E-state index contributed by atoms with van der Waals surface area (Å²) in [6.45, 7) is 0. The van der Waals surface area contributed by atoms with Gasteiger partial charge in [-0.1, -0.05) is 243 Å². The molecule has 3 aliphatic rings. The lowest BCUT2D eigenvalue weighted by atomic mass is 9.52. The molecule has 10 aromatic carbocycles. The van der Waals surface area contributed by atoms with Crippen LogP contribution in [0.5, 0.6) is 0 Å². The molecule has 1 aromatic heterocycles. The third kappa shape index (κ3) is 5.39. The van der Waals surface area contributed by atoms with Crippen LogP contribution in [0.1, 0.15) is 44.5 Å². The molecule has 3 heteroatoms. The SMILES string of the molecule is c1ccc(-c2ccc(-c3nc(-c4ccccc4)nc(-c4ccc(-c5ccc6c(c5)C5(c7ccccc7-6)c6ccccc6C6(c7ccccc7-c7ccccc76)c6ccccc65)cc4)n3)cc2)cc1. The Labute approximate surface area is 395 Å². The molecule has 0 aliphatic heterocycles. The van der Waals surface area contributed by atoms with E-state index in [0.717, 1.165) is 33.4 Å². The smallest absolute Gasteiger partial charge is 0.164 e. The Bertz CT molecular complexity index is 3680. The average molecular weight is 864 g/mol. The van der Waals surface area contributed by atoms with Gasteiger partial charge in [0.2, 0.25) is 0 Å². The van der Waals surface area contributed by atoms with Crippen LogP contribution in [0, 0.1) is 0 Å². The third-order valence-corrected chi connectivity index (χ3v) is 14.9. The number of fused-ring (bicyclic) bond motifs is 16. The van der Waals surface area contributed by atoms with Gasteiger partial charge in [-0.2, -0.15) is 0 Å². The molecule has 0 N–H and O–H groups in total. The summed E-state index contributed by atoms with van der Waals surface area (Å²) in [6, 6.07) is 90.8. The minimum absolute atomic E-state index is 0.475. The normalized spacial score (nSPS) is 13.8. The van der Waals surface area contributed by atoms with Gasteiger partial charge in [-0.3, -0.25) is 0 Å². The molecular formula is C65H41N3. The standard InChI is InChI=1S/C65H41N3/c1-3-17-42(18-4-1)43-31-35-46(36-32-43)62-66-61(45-19-5-2-6-20-45)67-63(68-62)47-37-33-44(34-38-47)48-39-40-52-51-23-9-12-26-55(51)65(60(52)41-48)58-29-15-13-27-56(58)64(57-28-14-16-30-59(57)65)53-24-10-7-21-49(53)50-22-8-11-25-54(50)64/h1-41H. The van der Waals surface area contributed by atoms with Crippen LogP contribution in [-0.2, 0) is 10.8 Å². The second-order valence-corrected chi connectivity index (χ2v) is 18.2. The molecule has 11 aromatic rings. The molecule has 2 spiro atoms. The Morgan fingerprint density at radius 3 is 0.882 bits per heavy atom. The first-order chi connectivity index (χ1) is 33.7. The molecule has 0 unspecified atom stereocenters. The number of aromatic nitrogens is 3. The van der Waals surface area contributed by atoms with E-state index >= 15 is 0 Å². The number of hydrogen-bond donors (Lipinski definition) is 0. The molecule has 0 bridgehead atoms. The number of benzene rings is 10. The lowest BCUT2D eigenvalue weighted by Gasteiger charge is -2.48. The van der Waals surface area contributed by atoms with Crippen molar-refractivity contribution in [3.05, 3.63) is 293 Å². The summed E-state index contributed by atoms with van der Waals surface area (Å²) in [4.78, 5) is 15.2. The summed E-state index contributed by atoms with van der Waals surface area (Å²) < 4.78 is 0. The molecular weight excluding hydrogens is 823 g/mol. The largest absolute Gasteiger partial charge is 0.208 e. The maximum Gasteiger partial charge on any atom is 0.164 e. The molecule has 0 fully saturated rings. The van der Waals surface area contributed by atoms with Crippen LogP contribution >= 0.6 is 0 Å². The Hall–Kier alpha value is -8.79. The molecule has 0 radical (unpaired) electrons. The number of nitrogens with zero attached hydrogens (tertiary/aromatic N) is 3. The highest BCUT2D eigenvalue weighted by molar-refractivity contribution is 5.94.